The minimum absolute atomic E-state index is 0.0617. The van der Waals surface area contributed by atoms with Gasteiger partial charge in [-0.3, -0.25) is 4.79 Å². The maximum Gasteiger partial charge on any atom is 0.340 e. The number of hydrogen-bond donors (Lipinski definition) is 1. The molecule has 0 aliphatic carbocycles. The van der Waals surface area contributed by atoms with E-state index in [0.717, 1.165) is 17.7 Å². The number of nitrogens with one attached hydrogen (secondary N) is 1. The lowest BCUT2D eigenvalue weighted by Crippen LogP contribution is -2.32. The van der Waals surface area contributed by atoms with Gasteiger partial charge in [0, 0.05) is 0 Å². The van der Waals surface area contributed by atoms with Crippen molar-refractivity contribution in [2.75, 3.05) is 19.8 Å². The highest BCUT2D eigenvalue weighted by molar-refractivity contribution is 6.36. The first-order valence-electron chi connectivity index (χ1n) is 7.64. The number of aryl methyl sites for hydroxylation is 1. The van der Waals surface area contributed by atoms with Gasteiger partial charge >= 0.3 is 5.97 Å². The second-order valence-electron chi connectivity index (χ2n) is 5.34. The third-order valence-electron chi connectivity index (χ3n) is 3.25. The molecule has 0 bridgehead atoms. The van der Waals surface area contributed by atoms with Crippen LogP contribution in [0.2, 0.25) is 10.0 Å². The Kier molecular flexibility index (Phi) is 7.24. The average Bonchev–Trinajstić information content (AvgIpc) is 2.60. The van der Waals surface area contributed by atoms with Gasteiger partial charge < -0.3 is 14.8 Å². The molecule has 0 radical (unpaired) electrons. The maximum atomic E-state index is 13.4. The van der Waals surface area contributed by atoms with E-state index in [2.05, 4.69) is 5.32 Å². The van der Waals surface area contributed by atoms with E-state index in [-0.39, 0.29) is 28.8 Å². The van der Waals surface area contributed by atoms with Crippen molar-refractivity contribution >= 4 is 35.1 Å². The summed E-state index contributed by atoms with van der Waals surface area (Å²) in [5.74, 6) is -1.54. The second-order valence-corrected chi connectivity index (χ2v) is 6.15. The van der Waals surface area contributed by atoms with Gasteiger partial charge in [0.25, 0.3) is 5.91 Å². The highest BCUT2D eigenvalue weighted by Crippen LogP contribution is 2.24. The van der Waals surface area contributed by atoms with Crippen LogP contribution in [0.15, 0.2) is 36.4 Å². The zero-order valence-corrected chi connectivity index (χ0v) is 15.4. The summed E-state index contributed by atoms with van der Waals surface area (Å²) in [5, 5.41) is 2.27. The molecular formula is C18H16Cl2FNO4. The fourth-order valence-electron chi connectivity index (χ4n) is 2.00. The van der Waals surface area contributed by atoms with Crippen molar-refractivity contribution in [1.29, 1.82) is 0 Å². The van der Waals surface area contributed by atoms with E-state index in [9.17, 15) is 14.0 Å². The molecule has 1 amide bonds. The van der Waals surface area contributed by atoms with Gasteiger partial charge in [0.1, 0.15) is 18.2 Å². The molecule has 2 aromatic rings. The normalized spacial score (nSPS) is 10.3. The molecular weight excluding hydrogens is 384 g/mol. The molecule has 26 heavy (non-hydrogen) atoms. The predicted octanol–water partition coefficient (Wildman–Crippen LogP) is 3.79. The van der Waals surface area contributed by atoms with Gasteiger partial charge in [-0.1, -0.05) is 35.3 Å². The molecule has 2 rings (SSSR count). The standard InChI is InChI=1S/C18H16Cl2FNO4/c1-11-3-2-4-12(7-11)25-6-5-22-17(23)10-26-18(24)13-8-16(21)15(20)9-14(13)19/h2-4,7-9H,5-6,10H2,1H3,(H,22,23). The van der Waals surface area contributed by atoms with E-state index in [4.69, 9.17) is 32.7 Å². The minimum atomic E-state index is -0.920. The molecule has 2 aromatic carbocycles. The first-order valence-corrected chi connectivity index (χ1v) is 8.40. The Morgan fingerprint density at radius 3 is 2.65 bits per heavy atom. The molecule has 0 aromatic heterocycles. The smallest absolute Gasteiger partial charge is 0.340 e. The third-order valence-corrected chi connectivity index (χ3v) is 3.85. The molecule has 0 saturated heterocycles. The molecule has 0 aliphatic rings. The third kappa shape index (κ3) is 5.89. The van der Waals surface area contributed by atoms with E-state index in [0.29, 0.717) is 5.75 Å². The van der Waals surface area contributed by atoms with Crippen LogP contribution in [-0.4, -0.2) is 31.6 Å². The van der Waals surface area contributed by atoms with Crippen LogP contribution in [0, 0.1) is 12.7 Å². The molecule has 138 valence electrons. The lowest BCUT2D eigenvalue weighted by Gasteiger charge is -2.09. The summed E-state index contributed by atoms with van der Waals surface area (Å²) < 4.78 is 23.7. The van der Waals surface area contributed by atoms with Crippen LogP contribution in [0.25, 0.3) is 0 Å². The summed E-state index contributed by atoms with van der Waals surface area (Å²) in [4.78, 5) is 23.5. The van der Waals surface area contributed by atoms with Crippen molar-refractivity contribution in [3.05, 3.63) is 63.4 Å². The van der Waals surface area contributed by atoms with Crippen molar-refractivity contribution in [2.24, 2.45) is 0 Å². The number of ether oxygens (including phenoxy) is 2. The van der Waals surface area contributed by atoms with Gasteiger partial charge in [0.2, 0.25) is 0 Å². The number of carbonyl (C=O) groups is 2. The van der Waals surface area contributed by atoms with Crippen LogP contribution in [0.3, 0.4) is 0 Å². The summed E-state index contributed by atoms with van der Waals surface area (Å²) in [5.41, 5.74) is 0.861. The van der Waals surface area contributed by atoms with Crippen LogP contribution in [-0.2, 0) is 9.53 Å². The van der Waals surface area contributed by atoms with Gasteiger partial charge in [-0.25, -0.2) is 9.18 Å². The first-order chi connectivity index (χ1) is 12.4. The number of esters is 1. The summed E-state index contributed by atoms with van der Waals surface area (Å²) >= 11 is 11.4. The van der Waals surface area contributed by atoms with Gasteiger partial charge in [-0.15, -0.1) is 0 Å². The summed E-state index contributed by atoms with van der Waals surface area (Å²) in [7, 11) is 0. The van der Waals surface area contributed by atoms with Crippen molar-refractivity contribution in [2.45, 2.75) is 6.92 Å². The summed E-state index contributed by atoms with van der Waals surface area (Å²) in [6.07, 6.45) is 0. The summed E-state index contributed by atoms with van der Waals surface area (Å²) in [6, 6.07) is 9.46. The lowest BCUT2D eigenvalue weighted by atomic mass is 10.2. The van der Waals surface area contributed by atoms with Gasteiger partial charge in [0.05, 0.1) is 22.2 Å². The number of carbonyl (C=O) groups excluding carboxylic acids is 2. The lowest BCUT2D eigenvalue weighted by molar-refractivity contribution is -0.124. The Morgan fingerprint density at radius 1 is 1.15 bits per heavy atom. The monoisotopic (exact) mass is 399 g/mol. The van der Waals surface area contributed by atoms with E-state index in [1.54, 1.807) is 0 Å². The number of halogens is 3. The number of amides is 1. The number of rotatable bonds is 7. The topological polar surface area (TPSA) is 64.6 Å². The SMILES string of the molecule is Cc1cccc(OCCNC(=O)COC(=O)c2cc(F)c(Cl)cc2Cl)c1. The minimum Gasteiger partial charge on any atom is -0.492 e. The van der Waals surface area contributed by atoms with Crippen molar-refractivity contribution in [3.63, 3.8) is 0 Å². The summed E-state index contributed by atoms with van der Waals surface area (Å²) in [6.45, 7) is 1.92. The Bertz CT molecular complexity index is 814. The Hall–Kier alpha value is -2.31. The van der Waals surface area contributed by atoms with E-state index in [1.807, 2.05) is 31.2 Å². The predicted molar refractivity (Wildman–Crippen MR) is 96.4 cm³/mol. The molecule has 5 nitrogen and oxygen atoms in total. The molecule has 1 N–H and O–H groups in total. The van der Waals surface area contributed by atoms with E-state index >= 15 is 0 Å². The van der Waals surface area contributed by atoms with E-state index in [1.165, 1.54) is 0 Å². The number of benzene rings is 2. The largest absolute Gasteiger partial charge is 0.492 e. The first kappa shape index (κ1) is 20.0. The van der Waals surface area contributed by atoms with Crippen molar-refractivity contribution < 1.29 is 23.5 Å². The molecule has 0 spiro atoms. The van der Waals surface area contributed by atoms with Crippen molar-refractivity contribution in [3.8, 4) is 5.75 Å². The number of hydrogen-bond acceptors (Lipinski definition) is 4. The quantitative estimate of drug-likeness (QED) is 0.436. The highest BCUT2D eigenvalue weighted by Gasteiger charge is 2.16. The fourth-order valence-corrected chi connectivity index (χ4v) is 2.46. The molecule has 0 saturated carbocycles. The van der Waals surface area contributed by atoms with Crippen LogP contribution >= 0.6 is 23.2 Å². The molecule has 0 fully saturated rings. The molecule has 0 aliphatic heterocycles. The second kappa shape index (κ2) is 9.40. The van der Waals surface area contributed by atoms with Crippen LogP contribution in [0.1, 0.15) is 15.9 Å². The van der Waals surface area contributed by atoms with Gasteiger partial charge in [-0.05, 0) is 36.8 Å². The van der Waals surface area contributed by atoms with Crippen LogP contribution in [0.4, 0.5) is 4.39 Å². The van der Waals surface area contributed by atoms with Gasteiger partial charge in [-0.2, -0.15) is 0 Å². The van der Waals surface area contributed by atoms with Crippen LogP contribution in [0.5, 0.6) is 5.75 Å². The average molecular weight is 400 g/mol. The molecule has 0 atom stereocenters. The Labute approximate surface area is 160 Å². The zero-order valence-electron chi connectivity index (χ0n) is 13.9. The van der Waals surface area contributed by atoms with Crippen LogP contribution < -0.4 is 10.1 Å². The van der Waals surface area contributed by atoms with Crippen molar-refractivity contribution in [1.82, 2.24) is 5.32 Å². The van der Waals surface area contributed by atoms with E-state index < -0.39 is 24.3 Å². The zero-order chi connectivity index (χ0) is 19.1. The molecule has 0 heterocycles. The maximum absolute atomic E-state index is 13.4. The molecule has 0 unspecified atom stereocenters. The Balaban J connectivity index is 1.73. The molecule has 8 heteroatoms. The Morgan fingerprint density at radius 2 is 1.92 bits per heavy atom. The van der Waals surface area contributed by atoms with Gasteiger partial charge in [0.15, 0.2) is 6.61 Å². The highest BCUT2D eigenvalue weighted by atomic mass is 35.5. The fraction of sp³-hybridized carbons (Fsp3) is 0.222.